The zero-order valence-corrected chi connectivity index (χ0v) is 7.34. The molecule has 1 aliphatic heterocycles. The van der Waals surface area contributed by atoms with Gasteiger partial charge in [0.2, 0.25) is 0 Å². The Hall–Kier alpha value is -0.0800. The normalized spacial score (nSPS) is 26.5. The lowest BCUT2D eigenvalue weighted by atomic mass is 10.1. The molecule has 0 N–H and O–H groups in total. The van der Waals surface area contributed by atoms with Crippen LogP contribution in [0.2, 0.25) is 0 Å². The van der Waals surface area contributed by atoms with Gasteiger partial charge in [0, 0.05) is 6.61 Å². The maximum Gasteiger partial charge on any atom is 0.147 e. The Bertz CT molecular complexity index is 85.6. The van der Waals surface area contributed by atoms with Crippen molar-refractivity contribution in [3.05, 3.63) is 0 Å². The highest BCUT2D eigenvalue weighted by atomic mass is 16.7. The van der Waals surface area contributed by atoms with Gasteiger partial charge in [-0.15, -0.1) is 0 Å². The van der Waals surface area contributed by atoms with Gasteiger partial charge in [-0.05, 0) is 19.3 Å². The summed E-state index contributed by atoms with van der Waals surface area (Å²) in [6.45, 7) is 3.60. The molecule has 0 amide bonds. The largest absolute Gasteiger partial charge is 0.355 e. The molecule has 0 aromatic heterocycles. The second-order valence-corrected chi connectivity index (χ2v) is 3.10. The summed E-state index contributed by atoms with van der Waals surface area (Å²) in [4.78, 5) is 0. The molecule has 1 saturated heterocycles. The second kappa shape index (κ2) is 5.56. The first-order valence-corrected chi connectivity index (χ1v) is 4.63. The van der Waals surface area contributed by atoms with Crippen LogP contribution in [-0.4, -0.2) is 19.5 Å². The first-order valence-electron chi connectivity index (χ1n) is 4.63. The first kappa shape index (κ1) is 9.01. The molecule has 0 bridgehead atoms. The van der Waals surface area contributed by atoms with Crippen LogP contribution >= 0.6 is 0 Å². The maximum absolute atomic E-state index is 5.48. The predicted octanol–water partition coefficient (Wildman–Crippen LogP) is 2.33. The molecule has 0 saturated carbocycles. The zero-order valence-electron chi connectivity index (χ0n) is 7.34. The fourth-order valence-corrected chi connectivity index (χ4v) is 1.36. The average Bonchev–Trinajstić information content (AvgIpc) is 2.28. The molecule has 1 rings (SSSR count). The summed E-state index contributed by atoms with van der Waals surface area (Å²) in [6.07, 6.45) is 6.57. The fraction of sp³-hybridized carbons (Fsp3) is 1.00. The minimum atomic E-state index is 0.470. The number of hydrogen-bond acceptors (Lipinski definition) is 2. The van der Waals surface area contributed by atoms with E-state index in [1.54, 1.807) is 0 Å². The van der Waals surface area contributed by atoms with Gasteiger partial charge in [-0.25, -0.2) is 0 Å². The smallest absolute Gasteiger partial charge is 0.147 e. The van der Waals surface area contributed by atoms with Crippen LogP contribution < -0.4 is 0 Å². The molecule has 0 aromatic rings. The summed E-state index contributed by atoms with van der Waals surface area (Å²) in [5.74, 6) is 0. The average molecular weight is 158 g/mol. The Balaban J connectivity index is 2.09. The van der Waals surface area contributed by atoms with E-state index < -0.39 is 0 Å². The molecule has 0 spiro atoms. The highest BCUT2D eigenvalue weighted by Gasteiger charge is 2.11. The van der Waals surface area contributed by atoms with Crippen molar-refractivity contribution in [3.8, 4) is 0 Å². The standard InChI is InChI=1S/C9H18O2/c1-2-3-5-9-6-4-7-10-8-11-9/h9H,2-8H2,1H3. The predicted molar refractivity (Wildman–Crippen MR) is 44.5 cm³/mol. The number of ether oxygens (including phenoxy) is 2. The Morgan fingerprint density at radius 2 is 2.36 bits per heavy atom. The lowest BCUT2D eigenvalue weighted by molar-refractivity contribution is -0.0695. The molecule has 1 aliphatic rings. The van der Waals surface area contributed by atoms with Gasteiger partial charge in [-0.1, -0.05) is 19.8 Å². The molecular formula is C9H18O2. The molecule has 2 nitrogen and oxygen atoms in total. The molecule has 0 radical (unpaired) electrons. The van der Waals surface area contributed by atoms with Crippen LogP contribution in [0.3, 0.4) is 0 Å². The van der Waals surface area contributed by atoms with Gasteiger partial charge in [-0.2, -0.15) is 0 Å². The van der Waals surface area contributed by atoms with Gasteiger partial charge < -0.3 is 9.47 Å². The number of rotatable bonds is 3. The molecular weight excluding hydrogens is 140 g/mol. The minimum Gasteiger partial charge on any atom is -0.355 e. The maximum atomic E-state index is 5.48. The van der Waals surface area contributed by atoms with Crippen LogP contribution in [-0.2, 0) is 9.47 Å². The Kier molecular flexibility index (Phi) is 4.55. The highest BCUT2D eigenvalue weighted by Crippen LogP contribution is 2.13. The van der Waals surface area contributed by atoms with E-state index in [0.717, 1.165) is 13.0 Å². The molecule has 1 atom stereocenters. The van der Waals surface area contributed by atoms with E-state index >= 15 is 0 Å². The van der Waals surface area contributed by atoms with Crippen molar-refractivity contribution >= 4 is 0 Å². The fourth-order valence-electron chi connectivity index (χ4n) is 1.36. The summed E-state index contributed by atoms with van der Waals surface area (Å²) in [5, 5.41) is 0. The summed E-state index contributed by atoms with van der Waals surface area (Å²) in [6, 6.07) is 0. The van der Waals surface area contributed by atoms with Gasteiger partial charge in [0.25, 0.3) is 0 Å². The van der Waals surface area contributed by atoms with Crippen molar-refractivity contribution in [2.45, 2.75) is 45.1 Å². The molecule has 11 heavy (non-hydrogen) atoms. The van der Waals surface area contributed by atoms with E-state index in [0.29, 0.717) is 12.9 Å². The van der Waals surface area contributed by atoms with Gasteiger partial charge in [0.05, 0.1) is 6.10 Å². The molecule has 2 heteroatoms. The monoisotopic (exact) mass is 158 g/mol. The van der Waals surface area contributed by atoms with E-state index in [1.807, 2.05) is 0 Å². The Morgan fingerprint density at radius 3 is 3.18 bits per heavy atom. The van der Waals surface area contributed by atoms with Gasteiger partial charge in [0.15, 0.2) is 0 Å². The van der Waals surface area contributed by atoms with Crippen LogP contribution in [0.15, 0.2) is 0 Å². The SMILES string of the molecule is CCCCC1CCCOCO1. The third-order valence-corrected chi connectivity index (χ3v) is 2.08. The molecule has 0 aromatic carbocycles. The summed E-state index contributed by atoms with van der Waals surface area (Å²) in [5.41, 5.74) is 0. The van der Waals surface area contributed by atoms with Crippen molar-refractivity contribution in [3.63, 3.8) is 0 Å². The first-order chi connectivity index (χ1) is 5.43. The van der Waals surface area contributed by atoms with Crippen molar-refractivity contribution < 1.29 is 9.47 Å². The third kappa shape index (κ3) is 3.73. The quantitative estimate of drug-likeness (QED) is 0.627. The van der Waals surface area contributed by atoms with Gasteiger partial charge in [-0.3, -0.25) is 0 Å². The number of hydrogen-bond donors (Lipinski definition) is 0. The third-order valence-electron chi connectivity index (χ3n) is 2.08. The number of unbranched alkanes of at least 4 members (excludes halogenated alkanes) is 1. The Morgan fingerprint density at radius 1 is 1.45 bits per heavy atom. The van der Waals surface area contributed by atoms with Crippen LogP contribution in [0.5, 0.6) is 0 Å². The summed E-state index contributed by atoms with van der Waals surface area (Å²) >= 11 is 0. The highest BCUT2D eigenvalue weighted by molar-refractivity contribution is 4.59. The van der Waals surface area contributed by atoms with E-state index in [9.17, 15) is 0 Å². The molecule has 1 heterocycles. The minimum absolute atomic E-state index is 0.470. The van der Waals surface area contributed by atoms with Crippen molar-refractivity contribution in [1.82, 2.24) is 0 Å². The zero-order chi connectivity index (χ0) is 7.94. The van der Waals surface area contributed by atoms with Crippen LogP contribution in [0.4, 0.5) is 0 Å². The van der Waals surface area contributed by atoms with Crippen LogP contribution in [0.1, 0.15) is 39.0 Å². The topological polar surface area (TPSA) is 18.5 Å². The van der Waals surface area contributed by atoms with Crippen molar-refractivity contribution in [2.75, 3.05) is 13.4 Å². The second-order valence-electron chi connectivity index (χ2n) is 3.10. The van der Waals surface area contributed by atoms with E-state index in [-0.39, 0.29) is 0 Å². The summed E-state index contributed by atoms with van der Waals surface area (Å²) < 4.78 is 10.7. The van der Waals surface area contributed by atoms with Gasteiger partial charge in [0.1, 0.15) is 6.79 Å². The summed E-state index contributed by atoms with van der Waals surface area (Å²) in [7, 11) is 0. The molecule has 66 valence electrons. The molecule has 0 aliphatic carbocycles. The van der Waals surface area contributed by atoms with E-state index in [2.05, 4.69) is 6.92 Å². The van der Waals surface area contributed by atoms with E-state index in [4.69, 9.17) is 9.47 Å². The Labute approximate surface area is 68.9 Å². The molecule has 1 fully saturated rings. The molecule has 1 unspecified atom stereocenters. The van der Waals surface area contributed by atoms with E-state index in [1.165, 1.54) is 25.7 Å². The lowest BCUT2D eigenvalue weighted by Gasteiger charge is -2.12. The van der Waals surface area contributed by atoms with Gasteiger partial charge >= 0.3 is 0 Å². The lowest BCUT2D eigenvalue weighted by Crippen LogP contribution is -2.11. The van der Waals surface area contributed by atoms with Crippen molar-refractivity contribution in [2.24, 2.45) is 0 Å². The van der Waals surface area contributed by atoms with Crippen molar-refractivity contribution in [1.29, 1.82) is 0 Å². The van der Waals surface area contributed by atoms with Crippen LogP contribution in [0, 0.1) is 0 Å². The van der Waals surface area contributed by atoms with Crippen LogP contribution in [0.25, 0.3) is 0 Å².